The van der Waals surface area contributed by atoms with Crippen LogP contribution in [-0.4, -0.2) is 0 Å². The molecule has 0 saturated heterocycles. The molecule has 4 rings (SSSR count). The molecular weight excluding hydrogens is 456 g/mol. The maximum Gasteiger partial charge on any atom is -0.0148 e. The smallest absolute Gasteiger partial charge is 0.0148 e. The third-order valence-electron chi connectivity index (χ3n) is 16.8. The molecule has 0 radical (unpaired) electrons. The Labute approximate surface area is 240 Å². The fourth-order valence-electron chi connectivity index (χ4n) is 14.2. The van der Waals surface area contributed by atoms with Gasteiger partial charge in [0.2, 0.25) is 0 Å². The van der Waals surface area contributed by atoms with Gasteiger partial charge in [0, 0.05) is 0 Å². The molecule has 0 heteroatoms. The molecule has 0 amide bonds. The largest absolute Gasteiger partial charge is 0.0654 e. The van der Waals surface area contributed by atoms with Crippen molar-refractivity contribution in [3.05, 3.63) is 0 Å². The van der Waals surface area contributed by atoms with E-state index in [9.17, 15) is 0 Å². The Hall–Kier alpha value is 0. The first-order valence-corrected chi connectivity index (χ1v) is 17.7. The lowest BCUT2D eigenvalue weighted by Crippen LogP contribution is -2.65. The van der Waals surface area contributed by atoms with Crippen LogP contribution in [0.1, 0.15) is 167 Å². The maximum absolute atomic E-state index is 2.94. The van der Waals surface area contributed by atoms with Gasteiger partial charge in [-0.05, 0) is 106 Å². The summed E-state index contributed by atoms with van der Waals surface area (Å²) in [6.45, 7) is 34.9. The molecule has 0 aromatic carbocycles. The quantitative estimate of drug-likeness (QED) is 0.222. The minimum absolute atomic E-state index is 0.360. The summed E-state index contributed by atoms with van der Waals surface area (Å²) in [5, 5.41) is 0. The van der Waals surface area contributed by atoms with E-state index in [-0.39, 0.29) is 0 Å². The van der Waals surface area contributed by atoms with Gasteiger partial charge < -0.3 is 0 Å². The SMILES string of the molecule is CCCCCC(C)CC(C)C1(C)C(C)(CC)CC23CC4(C)C(CC4C2C(CC)CC)C(C)C(C)(CC)C31C. The molecule has 12 atom stereocenters. The van der Waals surface area contributed by atoms with Crippen LogP contribution in [-0.2, 0) is 0 Å². The van der Waals surface area contributed by atoms with Gasteiger partial charge >= 0.3 is 0 Å². The minimum Gasteiger partial charge on any atom is -0.0654 e. The lowest BCUT2D eigenvalue weighted by Gasteiger charge is -2.70. The van der Waals surface area contributed by atoms with E-state index in [1.165, 1.54) is 77.0 Å². The van der Waals surface area contributed by atoms with E-state index in [4.69, 9.17) is 0 Å². The van der Waals surface area contributed by atoms with Crippen molar-refractivity contribution in [3.63, 3.8) is 0 Å². The third kappa shape index (κ3) is 3.45. The van der Waals surface area contributed by atoms with E-state index in [0.717, 1.165) is 41.4 Å². The zero-order chi connectivity index (χ0) is 28.5. The van der Waals surface area contributed by atoms with Gasteiger partial charge in [-0.1, -0.05) is 135 Å². The highest BCUT2D eigenvalue weighted by Gasteiger charge is 2.86. The Morgan fingerprint density at radius 3 is 1.95 bits per heavy atom. The summed E-state index contributed by atoms with van der Waals surface area (Å²) in [7, 11) is 0. The van der Waals surface area contributed by atoms with Gasteiger partial charge in [0.05, 0.1) is 0 Å². The first-order chi connectivity index (χ1) is 17.7. The number of unbranched alkanes of at least 4 members (excludes halogenated alkanes) is 2. The summed E-state index contributed by atoms with van der Waals surface area (Å²) in [6, 6.07) is 0. The molecule has 12 unspecified atom stereocenters. The number of hydrogen-bond donors (Lipinski definition) is 0. The molecule has 4 aliphatic carbocycles. The molecule has 4 aliphatic rings. The highest BCUT2D eigenvalue weighted by molar-refractivity contribution is 5.33. The lowest BCUT2D eigenvalue weighted by molar-refractivity contribution is -0.224. The van der Waals surface area contributed by atoms with Gasteiger partial charge in [-0.2, -0.15) is 0 Å². The van der Waals surface area contributed by atoms with Crippen molar-refractivity contribution in [2.24, 2.45) is 73.9 Å². The first-order valence-electron chi connectivity index (χ1n) is 17.7. The summed E-state index contributed by atoms with van der Waals surface area (Å²) >= 11 is 0. The molecular formula is C38H70. The molecule has 38 heavy (non-hydrogen) atoms. The van der Waals surface area contributed by atoms with Gasteiger partial charge in [0.15, 0.2) is 0 Å². The fourth-order valence-corrected chi connectivity index (χ4v) is 14.2. The summed E-state index contributed by atoms with van der Waals surface area (Å²) in [5.74, 6) is 6.21. The van der Waals surface area contributed by atoms with E-state index in [2.05, 4.69) is 90.0 Å². The van der Waals surface area contributed by atoms with Crippen LogP contribution in [0.5, 0.6) is 0 Å². The van der Waals surface area contributed by atoms with Crippen molar-refractivity contribution in [3.8, 4) is 0 Å². The molecule has 0 aromatic rings. The Morgan fingerprint density at radius 2 is 1.42 bits per heavy atom. The average molecular weight is 527 g/mol. The molecule has 222 valence electrons. The second-order valence-corrected chi connectivity index (χ2v) is 17.1. The second kappa shape index (κ2) is 10.1. The molecule has 0 aromatic heterocycles. The summed E-state index contributed by atoms with van der Waals surface area (Å²) in [5.41, 5.74) is 2.61. The van der Waals surface area contributed by atoms with Crippen LogP contribution in [0.25, 0.3) is 0 Å². The average Bonchev–Trinajstić information content (AvgIpc) is 3.15. The Balaban J connectivity index is 1.94. The predicted molar refractivity (Wildman–Crippen MR) is 168 cm³/mol. The summed E-state index contributed by atoms with van der Waals surface area (Å²) in [4.78, 5) is 0. The van der Waals surface area contributed by atoms with Crippen LogP contribution in [0, 0.1) is 73.9 Å². The molecule has 0 aliphatic heterocycles. The standard InChI is InChI=1S/C38H70/c1-14-19-20-21-26(6)22-27(7)36(12)33(9,17-4)24-38-25-34(10)30(23-31(34)32(38)29(15-2)16-3)28(8)35(11,18-5)37(36,38)13/h26-32H,14-25H2,1-13H3. The van der Waals surface area contributed by atoms with Crippen molar-refractivity contribution in [2.75, 3.05) is 0 Å². The van der Waals surface area contributed by atoms with Crippen LogP contribution >= 0.6 is 0 Å². The normalized spacial score (nSPS) is 51.0. The number of rotatable bonds is 12. The fraction of sp³-hybridized carbons (Fsp3) is 1.00. The maximum atomic E-state index is 2.94. The van der Waals surface area contributed by atoms with E-state index in [0.29, 0.717) is 32.5 Å². The second-order valence-electron chi connectivity index (χ2n) is 17.1. The highest BCUT2D eigenvalue weighted by atomic mass is 14.9. The van der Waals surface area contributed by atoms with Crippen molar-refractivity contribution in [1.82, 2.24) is 0 Å². The van der Waals surface area contributed by atoms with Crippen LogP contribution in [0.15, 0.2) is 0 Å². The van der Waals surface area contributed by atoms with Crippen LogP contribution in [0.4, 0.5) is 0 Å². The van der Waals surface area contributed by atoms with E-state index >= 15 is 0 Å². The highest BCUT2D eigenvalue weighted by Crippen LogP contribution is 2.92. The van der Waals surface area contributed by atoms with Crippen LogP contribution < -0.4 is 0 Å². The zero-order valence-corrected chi connectivity index (χ0v) is 28.5. The van der Waals surface area contributed by atoms with Crippen LogP contribution in [0.3, 0.4) is 0 Å². The third-order valence-corrected chi connectivity index (χ3v) is 16.8. The molecule has 1 spiro atoms. The van der Waals surface area contributed by atoms with Crippen molar-refractivity contribution in [1.29, 1.82) is 0 Å². The van der Waals surface area contributed by atoms with Gasteiger partial charge in [-0.3, -0.25) is 0 Å². The Kier molecular flexibility index (Phi) is 8.20. The van der Waals surface area contributed by atoms with Crippen molar-refractivity contribution >= 4 is 0 Å². The van der Waals surface area contributed by atoms with Crippen LogP contribution in [0.2, 0.25) is 0 Å². The van der Waals surface area contributed by atoms with E-state index in [1.54, 1.807) is 0 Å². The molecule has 4 fully saturated rings. The van der Waals surface area contributed by atoms with Gasteiger partial charge in [-0.15, -0.1) is 0 Å². The Bertz CT molecular complexity index is 839. The summed E-state index contributed by atoms with van der Waals surface area (Å²) in [6.07, 6.45) is 17.1. The summed E-state index contributed by atoms with van der Waals surface area (Å²) < 4.78 is 0. The van der Waals surface area contributed by atoms with E-state index in [1.807, 2.05) is 0 Å². The molecule has 2 bridgehead atoms. The molecule has 4 saturated carbocycles. The molecule has 0 heterocycles. The molecule has 0 nitrogen and oxygen atoms in total. The van der Waals surface area contributed by atoms with E-state index < -0.39 is 0 Å². The van der Waals surface area contributed by atoms with Gasteiger partial charge in [0.1, 0.15) is 0 Å². The first kappa shape index (κ1) is 30.9. The topological polar surface area (TPSA) is 0 Å². The van der Waals surface area contributed by atoms with Crippen molar-refractivity contribution < 1.29 is 0 Å². The monoisotopic (exact) mass is 527 g/mol. The van der Waals surface area contributed by atoms with Crippen molar-refractivity contribution in [2.45, 2.75) is 167 Å². The van der Waals surface area contributed by atoms with Gasteiger partial charge in [-0.25, -0.2) is 0 Å². The lowest BCUT2D eigenvalue weighted by atomic mass is 9.34. The van der Waals surface area contributed by atoms with Gasteiger partial charge in [0.25, 0.3) is 0 Å². The predicted octanol–water partition coefficient (Wildman–Crippen LogP) is 12.2. The number of hydrogen-bond acceptors (Lipinski definition) is 0. The Morgan fingerprint density at radius 1 is 0.789 bits per heavy atom. The zero-order valence-electron chi connectivity index (χ0n) is 28.5. The molecule has 0 N–H and O–H groups in total. The minimum atomic E-state index is 0.360.